The van der Waals surface area contributed by atoms with Gasteiger partial charge in [-0.2, -0.15) is 0 Å². The normalized spacial score (nSPS) is 14.7. The van der Waals surface area contributed by atoms with Crippen LogP contribution in [0, 0.1) is 5.92 Å². The Morgan fingerprint density at radius 2 is 1.56 bits per heavy atom. The van der Waals surface area contributed by atoms with Crippen LogP contribution in [0.2, 0.25) is 0 Å². The predicted octanol–water partition coefficient (Wildman–Crippen LogP) is 1.47. The first kappa shape index (κ1) is 17.4. The van der Waals surface area contributed by atoms with Crippen LogP contribution in [-0.4, -0.2) is 61.5 Å². The van der Waals surface area contributed by atoms with Gasteiger partial charge in [0, 0.05) is 32.3 Å². The van der Waals surface area contributed by atoms with Crippen LogP contribution in [-0.2, 0) is 14.3 Å². The average molecular weight is 261 g/mol. The zero-order valence-corrected chi connectivity index (χ0v) is 12.0. The van der Waals surface area contributed by atoms with Gasteiger partial charge in [0.25, 0.3) is 0 Å². The Hall–Kier alpha value is -0.650. The molecule has 0 aromatic heterocycles. The van der Waals surface area contributed by atoms with E-state index < -0.39 is 11.9 Å². The van der Waals surface area contributed by atoms with Crippen molar-refractivity contribution in [2.24, 2.45) is 5.92 Å². The maximum Gasteiger partial charge on any atom is 0.307 e. The molecule has 0 radical (unpaired) electrons. The van der Waals surface area contributed by atoms with Crippen molar-refractivity contribution >= 4 is 5.97 Å². The molecule has 0 fully saturated rings. The first-order valence-electron chi connectivity index (χ1n) is 6.66. The van der Waals surface area contributed by atoms with E-state index in [0.29, 0.717) is 26.4 Å². The molecule has 0 bridgehead atoms. The number of carboxylic acids is 1. The molecule has 0 aromatic rings. The summed E-state index contributed by atoms with van der Waals surface area (Å²) in [6.45, 7) is 11.7. The topological polar surface area (TPSA) is 59.0 Å². The molecule has 0 rings (SSSR count). The van der Waals surface area contributed by atoms with Crippen LogP contribution in [0.1, 0.15) is 27.7 Å². The van der Waals surface area contributed by atoms with Crippen LogP contribution in [0.3, 0.4) is 0 Å². The van der Waals surface area contributed by atoms with Gasteiger partial charge in [0.2, 0.25) is 0 Å². The molecule has 1 N–H and O–H groups in total. The van der Waals surface area contributed by atoms with Crippen LogP contribution in [0.5, 0.6) is 0 Å². The minimum absolute atomic E-state index is 0.0246. The molecular formula is C13H27NO4. The molecule has 18 heavy (non-hydrogen) atoms. The Labute approximate surface area is 110 Å². The fraction of sp³-hybridized carbons (Fsp3) is 0.923. The fourth-order valence-electron chi connectivity index (χ4n) is 1.69. The molecule has 5 heteroatoms. The van der Waals surface area contributed by atoms with E-state index in [2.05, 4.69) is 4.90 Å². The van der Waals surface area contributed by atoms with Crippen LogP contribution in [0.4, 0.5) is 0 Å². The number of nitrogens with zero attached hydrogens (tertiary/aromatic N) is 1. The van der Waals surface area contributed by atoms with Crippen molar-refractivity contribution in [3.8, 4) is 0 Å². The van der Waals surface area contributed by atoms with Crippen molar-refractivity contribution in [3.63, 3.8) is 0 Å². The summed E-state index contributed by atoms with van der Waals surface area (Å²) in [5, 5.41) is 9.06. The molecule has 0 aromatic carbocycles. The molecule has 0 aliphatic rings. The van der Waals surface area contributed by atoms with Gasteiger partial charge in [0.1, 0.15) is 0 Å². The quantitative estimate of drug-likeness (QED) is 0.571. The lowest BCUT2D eigenvalue weighted by Gasteiger charge is -2.31. The lowest BCUT2D eigenvalue weighted by molar-refractivity contribution is -0.143. The van der Waals surface area contributed by atoms with Crippen molar-refractivity contribution in [1.82, 2.24) is 4.90 Å². The Kier molecular flexibility index (Phi) is 9.92. The van der Waals surface area contributed by atoms with Gasteiger partial charge in [-0.1, -0.05) is 6.92 Å². The third kappa shape index (κ3) is 6.93. The Bertz CT molecular complexity index is 213. The lowest BCUT2D eigenvalue weighted by Crippen LogP contribution is -2.44. The van der Waals surface area contributed by atoms with E-state index >= 15 is 0 Å². The van der Waals surface area contributed by atoms with Crippen molar-refractivity contribution < 1.29 is 19.4 Å². The number of hydrogen-bond donors (Lipinski definition) is 1. The number of ether oxygens (including phenoxy) is 2. The summed E-state index contributed by atoms with van der Waals surface area (Å²) in [6.07, 6.45) is 0. The van der Waals surface area contributed by atoms with Crippen LogP contribution in [0.25, 0.3) is 0 Å². The van der Waals surface area contributed by atoms with Crippen LogP contribution < -0.4 is 0 Å². The Balaban J connectivity index is 4.28. The van der Waals surface area contributed by atoms with E-state index in [1.165, 1.54) is 0 Å². The summed E-state index contributed by atoms with van der Waals surface area (Å²) in [5.74, 6) is -1.16. The van der Waals surface area contributed by atoms with E-state index in [1.54, 1.807) is 6.92 Å². The highest BCUT2D eigenvalue weighted by Gasteiger charge is 2.24. The van der Waals surface area contributed by atoms with Crippen molar-refractivity contribution in [2.75, 3.05) is 39.5 Å². The Morgan fingerprint density at radius 1 is 1.11 bits per heavy atom. The maximum atomic E-state index is 11.0. The second kappa shape index (κ2) is 10.3. The molecule has 2 unspecified atom stereocenters. The molecule has 0 spiro atoms. The smallest absolute Gasteiger partial charge is 0.307 e. The third-order valence-corrected chi connectivity index (χ3v) is 3.14. The number of hydrogen-bond acceptors (Lipinski definition) is 4. The Morgan fingerprint density at radius 3 is 1.89 bits per heavy atom. The van der Waals surface area contributed by atoms with Gasteiger partial charge in [-0.15, -0.1) is 0 Å². The summed E-state index contributed by atoms with van der Waals surface area (Å²) in [7, 11) is 0. The summed E-state index contributed by atoms with van der Waals surface area (Å²) in [6, 6.07) is -0.0246. The molecule has 108 valence electrons. The zero-order chi connectivity index (χ0) is 14.0. The molecule has 2 atom stereocenters. The van der Waals surface area contributed by atoms with E-state index in [0.717, 1.165) is 13.1 Å². The zero-order valence-electron chi connectivity index (χ0n) is 12.0. The molecule has 0 saturated heterocycles. The van der Waals surface area contributed by atoms with Gasteiger partial charge in [0.05, 0.1) is 19.1 Å². The van der Waals surface area contributed by atoms with Gasteiger partial charge in [0.15, 0.2) is 0 Å². The van der Waals surface area contributed by atoms with Crippen molar-refractivity contribution in [3.05, 3.63) is 0 Å². The second-order valence-electron chi connectivity index (χ2n) is 4.30. The van der Waals surface area contributed by atoms with E-state index in [1.807, 2.05) is 20.8 Å². The molecular weight excluding hydrogens is 234 g/mol. The largest absolute Gasteiger partial charge is 0.481 e. The highest BCUT2D eigenvalue weighted by Crippen LogP contribution is 2.11. The highest BCUT2D eigenvalue weighted by molar-refractivity contribution is 5.70. The first-order chi connectivity index (χ1) is 8.54. The average Bonchev–Trinajstić information content (AvgIpc) is 2.35. The molecule has 0 aliphatic carbocycles. The second-order valence-corrected chi connectivity index (χ2v) is 4.30. The van der Waals surface area contributed by atoms with Gasteiger partial charge in [-0.3, -0.25) is 9.69 Å². The summed E-state index contributed by atoms with van der Waals surface area (Å²) >= 11 is 0. The maximum absolute atomic E-state index is 11.0. The summed E-state index contributed by atoms with van der Waals surface area (Å²) < 4.78 is 10.7. The molecule has 5 nitrogen and oxygen atoms in total. The monoisotopic (exact) mass is 261 g/mol. The minimum Gasteiger partial charge on any atom is -0.481 e. The first-order valence-corrected chi connectivity index (χ1v) is 6.66. The van der Waals surface area contributed by atoms with Crippen molar-refractivity contribution in [2.45, 2.75) is 33.7 Å². The molecule has 0 amide bonds. The van der Waals surface area contributed by atoms with Gasteiger partial charge in [-0.05, 0) is 20.8 Å². The third-order valence-electron chi connectivity index (χ3n) is 3.14. The molecule has 0 saturated carbocycles. The molecule has 0 aliphatic heterocycles. The number of aliphatic carboxylic acids is 1. The lowest BCUT2D eigenvalue weighted by atomic mass is 10.0. The summed E-state index contributed by atoms with van der Waals surface area (Å²) in [5.41, 5.74) is 0. The van der Waals surface area contributed by atoms with Crippen LogP contribution in [0.15, 0.2) is 0 Å². The van der Waals surface area contributed by atoms with Gasteiger partial charge < -0.3 is 14.6 Å². The highest BCUT2D eigenvalue weighted by atomic mass is 16.5. The fourth-order valence-corrected chi connectivity index (χ4v) is 1.69. The standard InChI is InChI=1S/C13H27NO4/c1-5-17-9-7-14(8-10-18-6-2)12(4)11(3)13(15)16/h11-12H,5-10H2,1-4H3,(H,15,16). The van der Waals surface area contributed by atoms with Crippen LogP contribution >= 0.6 is 0 Å². The van der Waals surface area contributed by atoms with Gasteiger partial charge >= 0.3 is 5.97 Å². The molecule has 0 heterocycles. The minimum atomic E-state index is -0.764. The number of rotatable bonds is 11. The SMILES string of the molecule is CCOCCN(CCOCC)C(C)C(C)C(=O)O. The predicted molar refractivity (Wildman–Crippen MR) is 70.8 cm³/mol. The van der Waals surface area contributed by atoms with Crippen molar-refractivity contribution in [1.29, 1.82) is 0 Å². The number of carbonyl (C=O) groups is 1. The van der Waals surface area contributed by atoms with Gasteiger partial charge in [-0.25, -0.2) is 0 Å². The summed E-state index contributed by atoms with van der Waals surface area (Å²) in [4.78, 5) is 13.1. The number of carboxylic acid groups (broad SMARTS) is 1. The van der Waals surface area contributed by atoms with E-state index in [-0.39, 0.29) is 6.04 Å². The van der Waals surface area contributed by atoms with E-state index in [4.69, 9.17) is 14.6 Å². The van der Waals surface area contributed by atoms with E-state index in [9.17, 15) is 4.79 Å².